The number of carbonyl (C=O) groups excluding carboxylic acids is 2. The molecule has 2 aromatic carbocycles. The van der Waals surface area contributed by atoms with Crippen LogP contribution in [0.5, 0.6) is 0 Å². The Morgan fingerprint density at radius 1 is 1.03 bits per heavy atom. The molecule has 1 aliphatic rings. The van der Waals surface area contributed by atoms with Crippen molar-refractivity contribution in [2.45, 2.75) is 33.0 Å². The summed E-state index contributed by atoms with van der Waals surface area (Å²) in [6, 6.07) is 17.2. The number of esters is 1. The zero-order valence-corrected chi connectivity index (χ0v) is 17.0. The quantitative estimate of drug-likeness (QED) is 0.665. The largest absolute Gasteiger partial charge is 0.452 e. The summed E-state index contributed by atoms with van der Waals surface area (Å²) in [6.45, 7) is 5.37. The lowest BCUT2D eigenvalue weighted by molar-refractivity contribution is -0.134. The molecule has 0 spiro atoms. The van der Waals surface area contributed by atoms with E-state index in [0.29, 0.717) is 25.3 Å². The van der Waals surface area contributed by atoms with Gasteiger partial charge in [-0.25, -0.2) is 4.79 Å². The van der Waals surface area contributed by atoms with E-state index in [1.165, 1.54) is 11.1 Å². The van der Waals surface area contributed by atoms with Crippen molar-refractivity contribution < 1.29 is 19.1 Å². The fraction of sp³-hybridized carbons (Fsp3) is 0.333. The van der Waals surface area contributed by atoms with Gasteiger partial charge in [0.2, 0.25) is 0 Å². The van der Waals surface area contributed by atoms with E-state index in [9.17, 15) is 9.59 Å². The molecule has 0 aliphatic carbocycles. The number of nitrogens with zero attached hydrogens (tertiary/aromatic N) is 1. The van der Waals surface area contributed by atoms with Gasteiger partial charge in [0, 0.05) is 13.1 Å². The Bertz CT molecular complexity index is 856. The van der Waals surface area contributed by atoms with Gasteiger partial charge in [0.15, 0.2) is 6.61 Å². The van der Waals surface area contributed by atoms with Gasteiger partial charge >= 0.3 is 5.97 Å². The molecule has 0 atom stereocenters. The van der Waals surface area contributed by atoms with Crippen LogP contribution in [0, 0.1) is 0 Å². The maximum Gasteiger partial charge on any atom is 0.338 e. The van der Waals surface area contributed by atoms with Crippen LogP contribution in [-0.4, -0.2) is 42.6 Å². The molecule has 2 aromatic rings. The van der Waals surface area contributed by atoms with Crippen LogP contribution in [-0.2, 0) is 20.9 Å². The topological polar surface area (TPSA) is 55.8 Å². The van der Waals surface area contributed by atoms with Gasteiger partial charge in [0.25, 0.3) is 5.91 Å². The van der Waals surface area contributed by atoms with E-state index in [-0.39, 0.29) is 18.6 Å². The minimum absolute atomic E-state index is 0.152. The maximum atomic E-state index is 12.4. The van der Waals surface area contributed by atoms with Crippen LogP contribution in [0.25, 0.3) is 5.57 Å². The molecule has 0 unspecified atom stereocenters. The molecule has 1 amide bonds. The maximum absolute atomic E-state index is 12.4. The standard InChI is InChI=1S/C24H27NO4/c1-18(2)28-16-19-8-10-22(11-9-19)24(27)29-17-23(26)25-14-12-21(13-15-25)20-6-4-3-5-7-20/h3-12,18H,13-17H2,1-2H3. The van der Waals surface area contributed by atoms with Crippen LogP contribution < -0.4 is 0 Å². The SMILES string of the molecule is CC(C)OCc1ccc(C(=O)OCC(=O)N2CC=C(c3ccccc3)CC2)cc1. The molecule has 0 fully saturated rings. The molecule has 1 heterocycles. The van der Waals surface area contributed by atoms with Gasteiger partial charge in [-0.05, 0) is 49.1 Å². The molecule has 3 rings (SSSR count). The van der Waals surface area contributed by atoms with Crippen LogP contribution in [0.2, 0.25) is 0 Å². The van der Waals surface area contributed by atoms with E-state index in [1.807, 2.05) is 44.2 Å². The highest BCUT2D eigenvalue weighted by molar-refractivity contribution is 5.91. The Kier molecular flexibility index (Phi) is 7.19. The highest BCUT2D eigenvalue weighted by atomic mass is 16.5. The first kappa shape index (κ1) is 20.8. The first-order valence-corrected chi connectivity index (χ1v) is 9.93. The van der Waals surface area contributed by atoms with E-state index in [0.717, 1.165) is 12.0 Å². The first-order valence-electron chi connectivity index (χ1n) is 9.93. The molecule has 0 radical (unpaired) electrons. The third-order valence-electron chi connectivity index (χ3n) is 4.81. The summed E-state index contributed by atoms with van der Waals surface area (Å²) in [4.78, 5) is 26.3. The van der Waals surface area contributed by atoms with E-state index < -0.39 is 5.97 Å². The molecule has 0 N–H and O–H groups in total. The van der Waals surface area contributed by atoms with Gasteiger partial charge in [0.1, 0.15) is 0 Å². The number of hydrogen-bond acceptors (Lipinski definition) is 4. The summed E-state index contributed by atoms with van der Waals surface area (Å²) in [5.74, 6) is -0.670. The summed E-state index contributed by atoms with van der Waals surface area (Å²) >= 11 is 0. The zero-order chi connectivity index (χ0) is 20.6. The van der Waals surface area contributed by atoms with E-state index >= 15 is 0 Å². The van der Waals surface area contributed by atoms with Crippen LogP contribution >= 0.6 is 0 Å². The Morgan fingerprint density at radius 2 is 1.76 bits per heavy atom. The second-order valence-electron chi connectivity index (χ2n) is 7.32. The first-order chi connectivity index (χ1) is 14.0. The van der Waals surface area contributed by atoms with Gasteiger partial charge in [-0.1, -0.05) is 48.5 Å². The van der Waals surface area contributed by atoms with Crippen molar-refractivity contribution in [2.24, 2.45) is 0 Å². The van der Waals surface area contributed by atoms with Crippen molar-refractivity contribution in [3.8, 4) is 0 Å². The van der Waals surface area contributed by atoms with E-state index in [1.54, 1.807) is 17.0 Å². The highest BCUT2D eigenvalue weighted by Gasteiger charge is 2.19. The smallest absolute Gasteiger partial charge is 0.338 e. The fourth-order valence-corrected chi connectivity index (χ4v) is 3.11. The lowest BCUT2D eigenvalue weighted by Crippen LogP contribution is -2.37. The van der Waals surface area contributed by atoms with Crippen LogP contribution in [0.3, 0.4) is 0 Å². The number of rotatable bonds is 7. The lowest BCUT2D eigenvalue weighted by Gasteiger charge is -2.26. The van der Waals surface area contributed by atoms with Gasteiger partial charge in [-0.3, -0.25) is 4.79 Å². The molecule has 1 aliphatic heterocycles. The van der Waals surface area contributed by atoms with Crippen molar-refractivity contribution in [2.75, 3.05) is 19.7 Å². The van der Waals surface area contributed by atoms with Crippen LogP contribution in [0.1, 0.15) is 41.8 Å². The average molecular weight is 393 g/mol. The second kappa shape index (κ2) is 10.0. The number of hydrogen-bond donors (Lipinski definition) is 0. The number of amides is 1. The Morgan fingerprint density at radius 3 is 2.38 bits per heavy atom. The van der Waals surface area contributed by atoms with Gasteiger partial charge in [0.05, 0.1) is 18.3 Å². The summed E-state index contributed by atoms with van der Waals surface area (Å²) in [5, 5.41) is 0. The fourth-order valence-electron chi connectivity index (χ4n) is 3.11. The Hall–Kier alpha value is -2.92. The Labute approximate surface area is 171 Å². The predicted molar refractivity (Wildman–Crippen MR) is 112 cm³/mol. The van der Waals surface area contributed by atoms with Crippen molar-refractivity contribution in [1.82, 2.24) is 4.90 Å². The van der Waals surface area contributed by atoms with Crippen molar-refractivity contribution >= 4 is 17.4 Å². The molecule has 5 heteroatoms. The molecule has 0 bridgehead atoms. The monoisotopic (exact) mass is 393 g/mol. The molecule has 0 saturated heterocycles. The molecule has 0 saturated carbocycles. The Balaban J connectivity index is 1.47. The predicted octanol–water partition coefficient (Wildman–Crippen LogP) is 4.08. The van der Waals surface area contributed by atoms with Crippen LogP contribution in [0.4, 0.5) is 0 Å². The van der Waals surface area contributed by atoms with Crippen molar-refractivity contribution in [3.05, 3.63) is 77.4 Å². The average Bonchev–Trinajstić information content (AvgIpc) is 2.77. The third kappa shape index (κ3) is 6.03. The molecular weight excluding hydrogens is 366 g/mol. The molecule has 29 heavy (non-hydrogen) atoms. The number of benzene rings is 2. The number of carbonyl (C=O) groups is 2. The van der Waals surface area contributed by atoms with Gasteiger partial charge in [-0.15, -0.1) is 0 Å². The molecule has 0 aromatic heterocycles. The van der Waals surface area contributed by atoms with Gasteiger partial charge < -0.3 is 14.4 Å². The second-order valence-corrected chi connectivity index (χ2v) is 7.32. The third-order valence-corrected chi connectivity index (χ3v) is 4.81. The summed E-state index contributed by atoms with van der Waals surface area (Å²) < 4.78 is 10.7. The number of ether oxygens (including phenoxy) is 2. The molecule has 5 nitrogen and oxygen atoms in total. The summed E-state index contributed by atoms with van der Waals surface area (Å²) in [7, 11) is 0. The molecular formula is C24H27NO4. The van der Waals surface area contributed by atoms with Crippen molar-refractivity contribution in [1.29, 1.82) is 0 Å². The summed E-state index contributed by atoms with van der Waals surface area (Å²) in [5.41, 5.74) is 3.85. The van der Waals surface area contributed by atoms with Crippen LogP contribution in [0.15, 0.2) is 60.7 Å². The van der Waals surface area contributed by atoms with Gasteiger partial charge in [-0.2, -0.15) is 0 Å². The zero-order valence-electron chi connectivity index (χ0n) is 17.0. The normalized spacial score (nSPS) is 13.9. The minimum Gasteiger partial charge on any atom is -0.452 e. The van der Waals surface area contributed by atoms with E-state index in [4.69, 9.17) is 9.47 Å². The molecule has 152 valence electrons. The summed E-state index contributed by atoms with van der Waals surface area (Å²) in [6.07, 6.45) is 3.01. The lowest BCUT2D eigenvalue weighted by atomic mass is 10.00. The minimum atomic E-state index is -0.493. The van der Waals surface area contributed by atoms with Crippen molar-refractivity contribution in [3.63, 3.8) is 0 Å². The highest BCUT2D eigenvalue weighted by Crippen LogP contribution is 2.22. The van der Waals surface area contributed by atoms with E-state index in [2.05, 4.69) is 18.2 Å².